The number of nitrogens with zero attached hydrogens (tertiary/aromatic N) is 1. The van der Waals surface area contributed by atoms with Crippen molar-refractivity contribution in [1.82, 2.24) is 0 Å². The van der Waals surface area contributed by atoms with Gasteiger partial charge in [0.25, 0.3) is 10.0 Å². The second-order valence-corrected chi connectivity index (χ2v) is 5.69. The highest BCUT2D eigenvalue weighted by Gasteiger charge is 2.23. The Labute approximate surface area is 119 Å². The summed E-state index contributed by atoms with van der Waals surface area (Å²) < 4.78 is 53.4. The first-order chi connectivity index (χ1) is 9.85. The van der Waals surface area contributed by atoms with Gasteiger partial charge in [-0.3, -0.25) is 4.72 Å². The second kappa shape index (κ2) is 5.38. The minimum absolute atomic E-state index is 0.0286. The van der Waals surface area contributed by atoms with E-state index in [0.717, 1.165) is 18.2 Å². The highest BCUT2D eigenvalue weighted by Crippen LogP contribution is 2.25. The number of hydrogen-bond donors (Lipinski definition) is 2. The number of nitriles is 1. The Morgan fingerprint density at radius 3 is 2.43 bits per heavy atom. The molecule has 21 heavy (non-hydrogen) atoms. The fourth-order valence-electron chi connectivity index (χ4n) is 1.67. The van der Waals surface area contributed by atoms with Crippen molar-refractivity contribution in [3.8, 4) is 6.07 Å². The Morgan fingerprint density at radius 1 is 1.14 bits per heavy atom. The Hall–Kier alpha value is -2.66. The van der Waals surface area contributed by atoms with Crippen LogP contribution in [0.4, 0.5) is 20.2 Å². The molecule has 8 heteroatoms. The zero-order valence-corrected chi connectivity index (χ0v) is 11.3. The van der Waals surface area contributed by atoms with Crippen LogP contribution in [0.3, 0.4) is 0 Å². The molecule has 0 saturated heterocycles. The molecule has 2 aromatic rings. The average Bonchev–Trinajstić information content (AvgIpc) is 2.40. The van der Waals surface area contributed by atoms with E-state index >= 15 is 0 Å². The van der Waals surface area contributed by atoms with Gasteiger partial charge >= 0.3 is 0 Å². The van der Waals surface area contributed by atoms with Crippen molar-refractivity contribution >= 4 is 21.4 Å². The maximum absolute atomic E-state index is 13.7. The summed E-state index contributed by atoms with van der Waals surface area (Å²) in [5.74, 6) is -2.00. The Balaban J connectivity index is 2.46. The summed E-state index contributed by atoms with van der Waals surface area (Å²) in [7, 11) is -4.39. The summed E-state index contributed by atoms with van der Waals surface area (Å²) in [5.41, 5.74) is 4.78. The van der Waals surface area contributed by atoms with E-state index in [4.69, 9.17) is 11.0 Å². The summed E-state index contributed by atoms with van der Waals surface area (Å²) >= 11 is 0. The Bertz CT molecular complexity index is 825. The van der Waals surface area contributed by atoms with Crippen LogP contribution in [-0.4, -0.2) is 8.42 Å². The van der Waals surface area contributed by atoms with Crippen molar-refractivity contribution in [2.45, 2.75) is 4.90 Å². The molecule has 0 spiro atoms. The zero-order chi connectivity index (χ0) is 15.6. The normalized spacial score (nSPS) is 10.9. The summed E-state index contributed by atoms with van der Waals surface area (Å²) in [6, 6.07) is 8.28. The first-order valence-corrected chi connectivity index (χ1v) is 7.10. The van der Waals surface area contributed by atoms with Crippen LogP contribution in [0.2, 0.25) is 0 Å². The standard InChI is InChI=1S/C13H9F2N3O2S/c14-9-2-1-3-11(17)13(9)21(19,20)18-12-5-4-8(7-16)6-10(12)15/h1-6,18H,17H2. The van der Waals surface area contributed by atoms with Gasteiger partial charge in [-0.15, -0.1) is 0 Å². The van der Waals surface area contributed by atoms with Gasteiger partial charge in [0.2, 0.25) is 0 Å². The molecule has 0 atom stereocenters. The smallest absolute Gasteiger partial charge is 0.266 e. The lowest BCUT2D eigenvalue weighted by molar-refractivity contribution is 0.571. The predicted molar refractivity (Wildman–Crippen MR) is 72.7 cm³/mol. The first-order valence-electron chi connectivity index (χ1n) is 5.61. The molecule has 5 nitrogen and oxygen atoms in total. The molecule has 0 aromatic heterocycles. The van der Waals surface area contributed by atoms with Crippen LogP contribution >= 0.6 is 0 Å². The van der Waals surface area contributed by atoms with E-state index in [0.29, 0.717) is 0 Å². The molecule has 108 valence electrons. The lowest BCUT2D eigenvalue weighted by Gasteiger charge is -2.11. The van der Waals surface area contributed by atoms with Crippen molar-refractivity contribution in [3.05, 3.63) is 53.6 Å². The van der Waals surface area contributed by atoms with Gasteiger partial charge in [0.15, 0.2) is 0 Å². The van der Waals surface area contributed by atoms with E-state index in [-0.39, 0.29) is 11.3 Å². The molecular formula is C13H9F2N3O2S. The van der Waals surface area contributed by atoms with Crippen LogP contribution in [0.1, 0.15) is 5.56 Å². The van der Waals surface area contributed by atoms with Crippen LogP contribution in [0.15, 0.2) is 41.3 Å². The molecule has 0 saturated carbocycles. The largest absolute Gasteiger partial charge is 0.398 e. The topological polar surface area (TPSA) is 96.0 Å². The minimum Gasteiger partial charge on any atom is -0.398 e. The van der Waals surface area contributed by atoms with Gasteiger partial charge in [-0.25, -0.2) is 17.2 Å². The molecule has 0 aliphatic heterocycles. The van der Waals surface area contributed by atoms with E-state index < -0.39 is 32.2 Å². The summed E-state index contributed by atoms with van der Waals surface area (Å²) in [4.78, 5) is -0.756. The van der Waals surface area contributed by atoms with Crippen LogP contribution < -0.4 is 10.5 Å². The van der Waals surface area contributed by atoms with Crippen LogP contribution in [0.25, 0.3) is 0 Å². The van der Waals surface area contributed by atoms with Crippen molar-refractivity contribution in [1.29, 1.82) is 5.26 Å². The highest BCUT2D eigenvalue weighted by atomic mass is 32.2. The zero-order valence-electron chi connectivity index (χ0n) is 10.5. The van der Waals surface area contributed by atoms with Gasteiger partial charge in [-0.2, -0.15) is 5.26 Å². The summed E-state index contributed by atoms with van der Waals surface area (Å²) in [6.07, 6.45) is 0. The van der Waals surface area contributed by atoms with Crippen LogP contribution in [0.5, 0.6) is 0 Å². The van der Waals surface area contributed by atoms with Crippen molar-refractivity contribution in [3.63, 3.8) is 0 Å². The summed E-state index contributed by atoms with van der Waals surface area (Å²) in [6.45, 7) is 0. The van der Waals surface area contributed by atoms with Gasteiger partial charge in [0, 0.05) is 0 Å². The van der Waals surface area contributed by atoms with E-state index in [1.165, 1.54) is 18.2 Å². The molecule has 0 radical (unpaired) electrons. The number of nitrogens with two attached hydrogens (primary N) is 1. The molecule has 3 N–H and O–H groups in total. The third-order valence-corrected chi connectivity index (χ3v) is 4.07. The number of halogens is 2. The number of sulfonamides is 1. The third-order valence-electron chi connectivity index (χ3n) is 2.61. The second-order valence-electron chi connectivity index (χ2n) is 4.07. The molecular weight excluding hydrogens is 300 g/mol. The van der Waals surface area contributed by atoms with Gasteiger partial charge < -0.3 is 5.73 Å². The quantitative estimate of drug-likeness (QED) is 0.850. The van der Waals surface area contributed by atoms with Crippen LogP contribution in [-0.2, 0) is 10.0 Å². The number of benzene rings is 2. The lowest BCUT2D eigenvalue weighted by Crippen LogP contribution is -2.17. The molecule has 0 heterocycles. The van der Waals surface area contributed by atoms with E-state index in [9.17, 15) is 17.2 Å². The van der Waals surface area contributed by atoms with Gasteiger partial charge in [0.05, 0.1) is 23.0 Å². The molecule has 0 unspecified atom stereocenters. The van der Waals surface area contributed by atoms with Crippen molar-refractivity contribution in [2.24, 2.45) is 0 Å². The van der Waals surface area contributed by atoms with Gasteiger partial charge in [-0.1, -0.05) is 6.07 Å². The Kier molecular flexibility index (Phi) is 3.78. The van der Waals surface area contributed by atoms with Gasteiger partial charge in [0.1, 0.15) is 16.5 Å². The molecule has 2 rings (SSSR count). The number of anilines is 2. The van der Waals surface area contributed by atoms with E-state index in [1.54, 1.807) is 6.07 Å². The molecule has 0 amide bonds. The lowest BCUT2D eigenvalue weighted by atomic mass is 10.2. The maximum atomic E-state index is 13.7. The fraction of sp³-hybridized carbons (Fsp3) is 0. The molecule has 0 fully saturated rings. The molecule has 2 aromatic carbocycles. The highest BCUT2D eigenvalue weighted by molar-refractivity contribution is 7.92. The van der Waals surface area contributed by atoms with Crippen LogP contribution in [0, 0.1) is 23.0 Å². The summed E-state index contributed by atoms with van der Waals surface area (Å²) in [5, 5.41) is 8.61. The number of hydrogen-bond acceptors (Lipinski definition) is 4. The van der Waals surface area contributed by atoms with Crippen molar-refractivity contribution < 1.29 is 17.2 Å². The Morgan fingerprint density at radius 2 is 1.86 bits per heavy atom. The molecule has 0 bridgehead atoms. The minimum atomic E-state index is -4.39. The van der Waals surface area contributed by atoms with Gasteiger partial charge in [-0.05, 0) is 30.3 Å². The fourth-order valence-corrected chi connectivity index (χ4v) is 2.93. The van der Waals surface area contributed by atoms with E-state index in [1.807, 2.05) is 4.72 Å². The average molecular weight is 309 g/mol. The maximum Gasteiger partial charge on any atom is 0.266 e. The molecule has 0 aliphatic rings. The third kappa shape index (κ3) is 2.93. The number of nitrogens with one attached hydrogen (secondary N) is 1. The van der Waals surface area contributed by atoms with Crippen molar-refractivity contribution in [2.75, 3.05) is 10.5 Å². The first kappa shape index (κ1) is 14.7. The molecule has 0 aliphatic carbocycles. The monoisotopic (exact) mass is 309 g/mol. The van der Waals surface area contributed by atoms with E-state index in [2.05, 4.69) is 0 Å². The SMILES string of the molecule is N#Cc1ccc(NS(=O)(=O)c2c(N)cccc2F)c(F)c1. The number of rotatable bonds is 3. The number of nitrogen functional groups attached to an aromatic ring is 1. The predicted octanol–water partition coefficient (Wildman–Crippen LogP) is 2.22.